The van der Waals surface area contributed by atoms with Crippen LogP contribution in [0.25, 0.3) is 5.69 Å². The maximum Gasteiger partial charge on any atom is 0.255 e. The Morgan fingerprint density at radius 1 is 1.20 bits per heavy atom. The van der Waals surface area contributed by atoms with Gasteiger partial charge >= 0.3 is 0 Å². The van der Waals surface area contributed by atoms with Crippen LogP contribution in [0.1, 0.15) is 12.0 Å². The second kappa shape index (κ2) is 11.2. The molecule has 0 unspecified atom stereocenters. The molecule has 30 heavy (non-hydrogen) atoms. The van der Waals surface area contributed by atoms with Gasteiger partial charge in [0.15, 0.2) is 18.1 Å². The first kappa shape index (κ1) is 21.6. The Morgan fingerprint density at radius 3 is 2.80 bits per heavy atom. The maximum absolute atomic E-state index is 10.9. The third-order valence-corrected chi connectivity index (χ3v) is 5.10. The van der Waals surface area contributed by atoms with Gasteiger partial charge in [-0.15, -0.1) is 5.10 Å². The molecule has 0 saturated carbocycles. The predicted octanol–water partition coefficient (Wildman–Crippen LogP) is 1.81. The van der Waals surface area contributed by atoms with Gasteiger partial charge in [0.2, 0.25) is 5.16 Å². The van der Waals surface area contributed by atoms with Crippen molar-refractivity contribution in [1.29, 1.82) is 0 Å². The van der Waals surface area contributed by atoms with Crippen LogP contribution in [-0.2, 0) is 11.3 Å². The second-order valence-electron chi connectivity index (χ2n) is 6.33. The normalized spacial score (nSPS) is 10.7. The Bertz CT molecular complexity index is 951. The summed E-state index contributed by atoms with van der Waals surface area (Å²) in [4.78, 5) is 10.9. The number of nitrogens with zero attached hydrogens (tertiary/aromatic N) is 4. The highest BCUT2D eigenvalue weighted by Gasteiger charge is 2.09. The van der Waals surface area contributed by atoms with Crippen LogP contribution in [0.5, 0.6) is 11.5 Å². The highest BCUT2D eigenvalue weighted by atomic mass is 32.2. The molecule has 0 fully saturated rings. The van der Waals surface area contributed by atoms with Gasteiger partial charge in [-0.25, -0.2) is 0 Å². The molecular weight excluding hydrogens is 404 g/mol. The number of thioether (sulfide) groups is 1. The van der Waals surface area contributed by atoms with Crippen LogP contribution >= 0.6 is 11.8 Å². The lowest BCUT2D eigenvalue weighted by atomic mass is 10.2. The topological polar surface area (TPSA) is 117 Å². The fraction of sp³-hybridized carbons (Fsp3) is 0.300. The van der Waals surface area contributed by atoms with E-state index in [1.807, 2.05) is 42.5 Å². The summed E-state index contributed by atoms with van der Waals surface area (Å²) in [5, 5.41) is 16.1. The number of benzene rings is 2. The van der Waals surface area contributed by atoms with Crippen LogP contribution in [0.2, 0.25) is 0 Å². The number of nitrogens with two attached hydrogens (primary N) is 1. The summed E-state index contributed by atoms with van der Waals surface area (Å²) in [5.41, 5.74) is 7.11. The van der Waals surface area contributed by atoms with Crippen molar-refractivity contribution in [3.8, 4) is 17.2 Å². The quantitative estimate of drug-likeness (QED) is 0.331. The van der Waals surface area contributed by atoms with Crippen LogP contribution in [-0.4, -0.2) is 52.1 Å². The number of rotatable bonds is 12. The van der Waals surface area contributed by atoms with Crippen molar-refractivity contribution in [2.24, 2.45) is 5.73 Å². The second-order valence-corrected chi connectivity index (χ2v) is 7.39. The third kappa shape index (κ3) is 6.19. The molecule has 0 aliphatic carbocycles. The molecule has 1 aromatic heterocycles. The Labute approximate surface area is 178 Å². The van der Waals surface area contributed by atoms with Crippen molar-refractivity contribution in [1.82, 2.24) is 25.5 Å². The highest BCUT2D eigenvalue weighted by molar-refractivity contribution is 7.99. The largest absolute Gasteiger partial charge is 0.493 e. The van der Waals surface area contributed by atoms with Gasteiger partial charge in [0.25, 0.3) is 5.91 Å². The molecule has 10 heteroatoms. The van der Waals surface area contributed by atoms with E-state index in [-0.39, 0.29) is 6.61 Å². The average Bonchev–Trinajstić information content (AvgIpc) is 3.24. The van der Waals surface area contributed by atoms with Gasteiger partial charge < -0.3 is 20.5 Å². The lowest BCUT2D eigenvalue weighted by molar-refractivity contribution is -0.119. The van der Waals surface area contributed by atoms with Gasteiger partial charge in [0, 0.05) is 12.3 Å². The number of ether oxygens (including phenoxy) is 2. The van der Waals surface area contributed by atoms with Crippen LogP contribution < -0.4 is 20.5 Å². The Hall–Kier alpha value is -3.11. The maximum atomic E-state index is 10.9. The highest BCUT2D eigenvalue weighted by Crippen LogP contribution is 2.28. The zero-order valence-electron chi connectivity index (χ0n) is 16.7. The van der Waals surface area contributed by atoms with Gasteiger partial charge in [0.05, 0.1) is 12.8 Å². The Kier molecular flexibility index (Phi) is 8.04. The van der Waals surface area contributed by atoms with E-state index >= 15 is 0 Å². The molecule has 2 aromatic carbocycles. The van der Waals surface area contributed by atoms with Crippen molar-refractivity contribution in [3.63, 3.8) is 0 Å². The van der Waals surface area contributed by atoms with E-state index in [1.54, 1.807) is 29.6 Å². The number of hydrogen-bond donors (Lipinski definition) is 2. The SMILES string of the molecule is COc1cc(CNCCCSc2nnnn2-c2ccccc2)ccc1OCC(N)=O. The minimum absolute atomic E-state index is 0.181. The number of hydrogen-bond acceptors (Lipinski definition) is 8. The van der Waals surface area contributed by atoms with Crippen molar-refractivity contribution in [2.45, 2.75) is 18.1 Å². The Balaban J connectivity index is 1.41. The molecule has 1 amide bonds. The molecule has 3 N–H and O–H groups in total. The summed E-state index contributed by atoms with van der Waals surface area (Å²) in [6.07, 6.45) is 0.962. The monoisotopic (exact) mass is 428 g/mol. The number of primary amides is 1. The number of methoxy groups -OCH3 is 1. The van der Waals surface area contributed by atoms with Crippen molar-refractivity contribution in [2.75, 3.05) is 26.0 Å². The number of para-hydroxylation sites is 1. The predicted molar refractivity (Wildman–Crippen MR) is 114 cm³/mol. The van der Waals surface area contributed by atoms with Crippen LogP contribution in [0.3, 0.4) is 0 Å². The molecule has 0 bridgehead atoms. The Morgan fingerprint density at radius 2 is 2.03 bits per heavy atom. The van der Waals surface area contributed by atoms with Crippen LogP contribution in [0.4, 0.5) is 0 Å². The van der Waals surface area contributed by atoms with Crippen LogP contribution in [0.15, 0.2) is 53.7 Å². The summed E-state index contributed by atoms with van der Waals surface area (Å²) < 4.78 is 12.4. The fourth-order valence-corrected chi connectivity index (χ4v) is 3.51. The summed E-state index contributed by atoms with van der Waals surface area (Å²) in [7, 11) is 1.56. The third-order valence-electron chi connectivity index (χ3n) is 4.10. The molecule has 0 aliphatic heterocycles. The van der Waals surface area contributed by atoms with Crippen molar-refractivity contribution >= 4 is 17.7 Å². The van der Waals surface area contributed by atoms with E-state index in [0.29, 0.717) is 18.0 Å². The van der Waals surface area contributed by atoms with Gasteiger partial charge in [-0.2, -0.15) is 4.68 Å². The van der Waals surface area contributed by atoms with E-state index in [9.17, 15) is 4.79 Å². The minimum Gasteiger partial charge on any atom is -0.493 e. The van der Waals surface area contributed by atoms with E-state index < -0.39 is 5.91 Å². The molecule has 0 saturated heterocycles. The van der Waals surface area contributed by atoms with E-state index in [0.717, 1.165) is 35.1 Å². The number of amides is 1. The number of carbonyl (C=O) groups excluding carboxylic acids is 1. The number of carbonyl (C=O) groups is 1. The lowest BCUT2D eigenvalue weighted by Crippen LogP contribution is -2.20. The first-order valence-electron chi connectivity index (χ1n) is 9.42. The molecule has 0 radical (unpaired) electrons. The first-order valence-corrected chi connectivity index (χ1v) is 10.4. The summed E-state index contributed by atoms with van der Waals surface area (Å²) in [5.74, 6) is 1.42. The molecule has 1 heterocycles. The summed E-state index contributed by atoms with van der Waals surface area (Å²) >= 11 is 1.62. The van der Waals surface area contributed by atoms with Crippen molar-refractivity contribution in [3.05, 3.63) is 54.1 Å². The van der Waals surface area contributed by atoms with E-state index in [2.05, 4.69) is 20.8 Å². The van der Waals surface area contributed by atoms with E-state index in [4.69, 9.17) is 15.2 Å². The molecule has 3 rings (SSSR count). The smallest absolute Gasteiger partial charge is 0.255 e. The number of tetrazole rings is 1. The summed E-state index contributed by atoms with van der Waals surface area (Å²) in [6.45, 7) is 1.36. The molecule has 3 aromatic rings. The number of nitrogens with one attached hydrogen (secondary N) is 1. The molecule has 0 atom stereocenters. The molecule has 158 valence electrons. The molecular formula is C20H24N6O3S. The lowest BCUT2D eigenvalue weighted by Gasteiger charge is -2.11. The molecule has 0 aliphatic rings. The van der Waals surface area contributed by atoms with E-state index in [1.165, 1.54) is 0 Å². The first-order chi connectivity index (χ1) is 14.7. The molecule has 9 nitrogen and oxygen atoms in total. The van der Waals surface area contributed by atoms with Gasteiger partial charge in [-0.05, 0) is 53.2 Å². The van der Waals surface area contributed by atoms with Gasteiger partial charge in [-0.3, -0.25) is 4.79 Å². The zero-order valence-corrected chi connectivity index (χ0v) is 17.5. The fourth-order valence-electron chi connectivity index (χ4n) is 2.68. The molecule has 0 spiro atoms. The number of aromatic nitrogens is 4. The average molecular weight is 429 g/mol. The van der Waals surface area contributed by atoms with Gasteiger partial charge in [-0.1, -0.05) is 36.0 Å². The zero-order chi connectivity index (χ0) is 21.2. The van der Waals surface area contributed by atoms with Gasteiger partial charge in [0.1, 0.15) is 0 Å². The summed E-state index contributed by atoms with van der Waals surface area (Å²) in [6, 6.07) is 15.4. The minimum atomic E-state index is -0.529. The standard InChI is InChI=1S/C20H24N6O3S/c1-28-18-12-15(8-9-17(18)29-14-19(21)27)13-22-10-5-11-30-20-23-24-25-26(20)16-6-3-2-4-7-16/h2-4,6-9,12,22H,5,10-11,13-14H2,1H3,(H2,21,27). The van der Waals surface area contributed by atoms with Crippen LogP contribution in [0, 0.1) is 0 Å². The van der Waals surface area contributed by atoms with Crippen molar-refractivity contribution < 1.29 is 14.3 Å².